The molecular weight excluding hydrogens is 254 g/mol. The van der Waals surface area contributed by atoms with E-state index in [-0.39, 0.29) is 5.97 Å². The van der Waals surface area contributed by atoms with Gasteiger partial charge in [-0.3, -0.25) is 0 Å². The number of carbonyl (C=O) groups excluding carboxylic acids is 1. The normalized spacial score (nSPS) is 18.6. The summed E-state index contributed by atoms with van der Waals surface area (Å²) in [5.74, 6) is 3.89. The summed E-state index contributed by atoms with van der Waals surface area (Å²) in [7, 11) is 1.39. The van der Waals surface area contributed by atoms with Crippen molar-refractivity contribution in [2.75, 3.05) is 13.7 Å². The van der Waals surface area contributed by atoms with E-state index in [1.807, 2.05) is 0 Å². The monoisotopic (exact) mass is 277 g/mol. The quantitative estimate of drug-likeness (QED) is 0.779. The third kappa shape index (κ3) is 3.06. The maximum absolute atomic E-state index is 11.5. The van der Waals surface area contributed by atoms with Gasteiger partial charge in [-0.15, -0.1) is 0 Å². The standard InChI is InChI=1S/C16H23NO3/c1-10-14(16(18)19-2)7-13(20-10)8-17-9-15(11-3-4-11)12-5-6-12/h7,11-12,15,17H,3-6,8-9H2,1-2H3. The first-order valence-corrected chi connectivity index (χ1v) is 7.57. The lowest BCUT2D eigenvalue weighted by molar-refractivity contribution is 0.0599. The number of ether oxygens (including phenoxy) is 1. The summed E-state index contributed by atoms with van der Waals surface area (Å²) in [6.07, 6.45) is 5.65. The summed E-state index contributed by atoms with van der Waals surface area (Å²) in [4.78, 5) is 11.5. The molecule has 2 aliphatic carbocycles. The van der Waals surface area contributed by atoms with E-state index in [2.05, 4.69) is 5.32 Å². The van der Waals surface area contributed by atoms with E-state index in [0.717, 1.165) is 30.1 Å². The number of aryl methyl sites for hydroxylation is 1. The Labute approximate surface area is 119 Å². The second-order valence-electron chi connectivity index (χ2n) is 6.14. The average Bonchev–Trinajstić information content (AvgIpc) is 3.33. The first-order chi connectivity index (χ1) is 9.69. The fourth-order valence-corrected chi connectivity index (χ4v) is 3.07. The first-order valence-electron chi connectivity index (χ1n) is 7.57. The molecule has 20 heavy (non-hydrogen) atoms. The van der Waals surface area contributed by atoms with Crippen LogP contribution in [0.15, 0.2) is 10.5 Å². The number of hydrogen-bond acceptors (Lipinski definition) is 4. The summed E-state index contributed by atoms with van der Waals surface area (Å²) in [6.45, 7) is 3.56. The van der Waals surface area contributed by atoms with Gasteiger partial charge in [0, 0.05) is 0 Å². The van der Waals surface area contributed by atoms with Gasteiger partial charge >= 0.3 is 5.97 Å². The number of hydrogen-bond donors (Lipinski definition) is 1. The Morgan fingerprint density at radius 1 is 1.40 bits per heavy atom. The Kier molecular flexibility index (Phi) is 3.83. The van der Waals surface area contributed by atoms with E-state index >= 15 is 0 Å². The third-order valence-electron chi connectivity index (χ3n) is 4.51. The van der Waals surface area contributed by atoms with Crippen LogP contribution in [0.2, 0.25) is 0 Å². The largest absolute Gasteiger partial charge is 0.465 e. The molecule has 0 radical (unpaired) electrons. The highest BCUT2D eigenvalue weighted by Gasteiger charge is 2.40. The van der Waals surface area contributed by atoms with Gasteiger partial charge in [-0.1, -0.05) is 0 Å². The molecule has 0 atom stereocenters. The minimum atomic E-state index is -0.327. The second kappa shape index (κ2) is 5.60. The van der Waals surface area contributed by atoms with Crippen LogP contribution in [-0.4, -0.2) is 19.6 Å². The Bertz CT molecular complexity index is 474. The lowest BCUT2D eigenvalue weighted by Gasteiger charge is -2.15. The second-order valence-corrected chi connectivity index (χ2v) is 6.14. The fourth-order valence-electron chi connectivity index (χ4n) is 3.07. The van der Waals surface area contributed by atoms with E-state index in [0.29, 0.717) is 17.9 Å². The summed E-state index contributed by atoms with van der Waals surface area (Å²) in [5.41, 5.74) is 0.533. The van der Waals surface area contributed by atoms with Crippen LogP contribution in [0, 0.1) is 24.7 Å². The van der Waals surface area contributed by atoms with Crippen molar-refractivity contribution in [2.45, 2.75) is 39.2 Å². The lowest BCUT2D eigenvalue weighted by Crippen LogP contribution is -2.25. The highest BCUT2D eigenvalue weighted by Crippen LogP contribution is 2.48. The van der Waals surface area contributed by atoms with Crippen molar-refractivity contribution in [2.24, 2.45) is 17.8 Å². The van der Waals surface area contributed by atoms with Crippen molar-refractivity contribution in [1.29, 1.82) is 0 Å². The Hall–Kier alpha value is -1.29. The zero-order valence-corrected chi connectivity index (χ0v) is 12.3. The molecule has 3 rings (SSSR count). The minimum absolute atomic E-state index is 0.327. The van der Waals surface area contributed by atoms with E-state index in [4.69, 9.17) is 9.15 Å². The Morgan fingerprint density at radius 2 is 2.05 bits per heavy atom. The molecule has 0 spiro atoms. The molecule has 0 amide bonds. The van der Waals surface area contributed by atoms with Crippen molar-refractivity contribution >= 4 is 5.97 Å². The Morgan fingerprint density at radius 3 is 2.60 bits per heavy atom. The van der Waals surface area contributed by atoms with E-state index in [1.165, 1.54) is 32.8 Å². The SMILES string of the molecule is COC(=O)c1cc(CNCC(C2CC2)C2CC2)oc1C. The van der Waals surface area contributed by atoms with Crippen LogP contribution in [-0.2, 0) is 11.3 Å². The molecule has 110 valence electrons. The average molecular weight is 277 g/mol. The van der Waals surface area contributed by atoms with Crippen molar-refractivity contribution in [3.05, 3.63) is 23.2 Å². The number of methoxy groups -OCH3 is 1. The molecule has 1 aromatic heterocycles. The van der Waals surface area contributed by atoms with Crippen LogP contribution in [0.5, 0.6) is 0 Å². The van der Waals surface area contributed by atoms with Gasteiger partial charge in [0.15, 0.2) is 0 Å². The van der Waals surface area contributed by atoms with Gasteiger partial charge in [-0.2, -0.15) is 0 Å². The van der Waals surface area contributed by atoms with Crippen molar-refractivity contribution < 1.29 is 13.9 Å². The molecule has 1 aromatic rings. The maximum atomic E-state index is 11.5. The zero-order chi connectivity index (χ0) is 14.1. The van der Waals surface area contributed by atoms with Gasteiger partial charge < -0.3 is 14.5 Å². The number of rotatable bonds is 7. The van der Waals surface area contributed by atoms with Crippen molar-refractivity contribution in [3.63, 3.8) is 0 Å². The number of furan rings is 1. The van der Waals surface area contributed by atoms with Crippen molar-refractivity contribution in [1.82, 2.24) is 5.32 Å². The molecular formula is C16H23NO3. The van der Waals surface area contributed by atoms with Crippen molar-refractivity contribution in [3.8, 4) is 0 Å². The maximum Gasteiger partial charge on any atom is 0.341 e. The molecule has 0 aliphatic heterocycles. The molecule has 0 saturated heterocycles. The summed E-state index contributed by atoms with van der Waals surface area (Å²) in [5, 5.41) is 3.50. The third-order valence-corrected chi connectivity index (χ3v) is 4.51. The van der Waals surface area contributed by atoms with E-state index in [1.54, 1.807) is 13.0 Å². The summed E-state index contributed by atoms with van der Waals surface area (Å²) in [6, 6.07) is 1.79. The van der Waals surface area contributed by atoms with Gasteiger partial charge in [0.1, 0.15) is 17.1 Å². The predicted molar refractivity (Wildman–Crippen MR) is 75.4 cm³/mol. The number of esters is 1. The molecule has 2 aliphatic rings. The molecule has 0 unspecified atom stereocenters. The topological polar surface area (TPSA) is 51.5 Å². The van der Waals surface area contributed by atoms with Gasteiger partial charge in [-0.05, 0) is 63.0 Å². The molecule has 2 fully saturated rings. The molecule has 0 aromatic carbocycles. The smallest absolute Gasteiger partial charge is 0.341 e. The van der Waals surface area contributed by atoms with Gasteiger partial charge in [0.05, 0.1) is 13.7 Å². The molecule has 4 heteroatoms. The van der Waals surface area contributed by atoms with Gasteiger partial charge in [-0.25, -0.2) is 4.79 Å². The van der Waals surface area contributed by atoms with Crippen LogP contribution in [0.4, 0.5) is 0 Å². The van der Waals surface area contributed by atoms with Crippen LogP contribution in [0.3, 0.4) is 0 Å². The highest BCUT2D eigenvalue weighted by atomic mass is 16.5. The Balaban J connectivity index is 1.51. The lowest BCUT2D eigenvalue weighted by atomic mass is 9.98. The van der Waals surface area contributed by atoms with Gasteiger partial charge in [0.25, 0.3) is 0 Å². The van der Waals surface area contributed by atoms with Crippen LogP contribution < -0.4 is 5.32 Å². The highest BCUT2D eigenvalue weighted by molar-refractivity contribution is 5.90. The summed E-state index contributed by atoms with van der Waals surface area (Å²) < 4.78 is 10.3. The molecule has 4 nitrogen and oxygen atoms in total. The molecule has 0 bridgehead atoms. The molecule has 1 heterocycles. The van der Waals surface area contributed by atoms with E-state index < -0.39 is 0 Å². The van der Waals surface area contributed by atoms with E-state index in [9.17, 15) is 4.79 Å². The van der Waals surface area contributed by atoms with Crippen LogP contribution in [0.1, 0.15) is 47.6 Å². The number of nitrogens with one attached hydrogen (secondary N) is 1. The minimum Gasteiger partial charge on any atom is -0.465 e. The van der Waals surface area contributed by atoms with Crippen LogP contribution in [0.25, 0.3) is 0 Å². The fraction of sp³-hybridized carbons (Fsp3) is 0.688. The van der Waals surface area contributed by atoms with Gasteiger partial charge in [0.2, 0.25) is 0 Å². The molecule has 1 N–H and O–H groups in total. The predicted octanol–water partition coefficient (Wildman–Crippen LogP) is 2.90. The molecule has 2 saturated carbocycles. The first kappa shape index (κ1) is 13.7. The van der Waals surface area contributed by atoms with Crippen LogP contribution >= 0.6 is 0 Å². The number of carbonyl (C=O) groups is 1. The zero-order valence-electron chi connectivity index (χ0n) is 12.3. The summed E-state index contributed by atoms with van der Waals surface area (Å²) >= 11 is 0.